The zero-order valence-electron chi connectivity index (χ0n) is 13.0. The molecule has 120 valence electrons. The Morgan fingerprint density at radius 1 is 1.09 bits per heavy atom. The monoisotopic (exact) mass is 330 g/mol. The highest BCUT2D eigenvalue weighted by Crippen LogP contribution is 2.32. The van der Waals surface area contributed by atoms with Crippen molar-refractivity contribution < 1.29 is 9.53 Å². The average Bonchev–Trinajstić information content (AvgIpc) is 2.60. The second-order valence-corrected chi connectivity index (χ2v) is 5.79. The predicted molar refractivity (Wildman–Crippen MR) is 93.6 cm³/mol. The second kappa shape index (κ2) is 6.92. The Kier molecular flexibility index (Phi) is 4.72. The summed E-state index contributed by atoms with van der Waals surface area (Å²) in [5, 5.41) is 0.647. The van der Waals surface area contributed by atoms with E-state index in [4.69, 9.17) is 16.3 Å². The van der Waals surface area contributed by atoms with E-state index in [0.29, 0.717) is 17.3 Å². The number of carbonyl (C=O) groups is 1. The van der Waals surface area contributed by atoms with E-state index >= 15 is 0 Å². The van der Waals surface area contributed by atoms with Gasteiger partial charge in [-0.2, -0.15) is 0 Å². The number of halogens is 1. The molecule has 0 saturated heterocycles. The lowest BCUT2D eigenvalue weighted by Crippen LogP contribution is -2.45. The summed E-state index contributed by atoms with van der Waals surface area (Å²) in [6.07, 6.45) is 0. The van der Waals surface area contributed by atoms with Gasteiger partial charge in [0.1, 0.15) is 5.75 Å². The van der Waals surface area contributed by atoms with Crippen molar-refractivity contribution in [2.75, 3.05) is 36.0 Å². The van der Waals surface area contributed by atoms with Gasteiger partial charge in [0.15, 0.2) is 6.61 Å². The van der Waals surface area contributed by atoms with E-state index in [1.54, 1.807) is 29.2 Å². The van der Waals surface area contributed by atoms with Gasteiger partial charge in [0.05, 0.1) is 11.4 Å². The quantitative estimate of drug-likeness (QED) is 0.858. The van der Waals surface area contributed by atoms with Crippen molar-refractivity contribution in [2.45, 2.75) is 6.92 Å². The van der Waals surface area contributed by atoms with Gasteiger partial charge in [-0.3, -0.25) is 4.79 Å². The van der Waals surface area contributed by atoms with Crippen molar-refractivity contribution in [3.05, 3.63) is 53.6 Å². The molecule has 3 rings (SSSR count). The van der Waals surface area contributed by atoms with Crippen LogP contribution in [0.15, 0.2) is 48.5 Å². The molecular formula is C18H19ClN2O2. The first-order chi connectivity index (χ1) is 11.2. The number of para-hydroxylation sites is 2. The lowest BCUT2D eigenvalue weighted by atomic mass is 10.1. The number of carbonyl (C=O) groups excluding carboxylic acids is 1. The van der Waals surface area contributed by atoms with Crippen molar-refractivity contribution in [3.8, 4) is 5.75 Å². The lowest BCUT2D eigenvalue weighted by Gasteiger charge is -2.37. The highest BCUT2D eigenvalue weighted by atomic mass is 35.5. The van der Waals surface area contributed by atoms with Gasteiger partial charge in [0, 0.05) is 24.7 Å². The zero-order chi connectivity index (χ0) is 16.2. The molecule has 0 radical (unpaired) electrons. The molecule has 5 heteroatoms. The summed E-state index contributed by atoms with van der Waals surface area (Å²) >= 11 is 5.84. The Balaban J connectivity index is 1.71. The Bertz CT molecular complexity index is 688. The van der Waals surface area contributed by atoms with Gasteiger partial charge >= 0.3 is 0 Å². The fourth-order valence-electron chi connectivity index (χ4n) is 2.76. The molecule has 0 aromatic heterocycles. The van der Waals surface area contributed by atoms with Gasteiger partial charge in [-0.05, 0) is 43.3 Å². The Labute approximate surface area is 141 Å². The van der Waals surface area contributed by atoms with Gasteiger partial charge in [0.25, 0.3) is 5.91 Å². The van der Waals surface area contributed by atoms with Crippen molar-refractivity contribution in [1.82, 2.24) is 0 Å². The topological polar surface area (TPSA) is 32.8 Å². The molecule has 23 heavy (non-hydrogen) atoms. The molecule has 0 N–H and O–H groups in total. The number of likely N-dealkylation sites (N-methyl/N-ethyl adjacent to an activating group) is 1. The van der Waals surface area contributed by atoms with E-state index in [2.05, 4.69) is 17.9 Å². The Morgan fingerprint density at radius 2 is 1.78 bits per heavy atom. The first kappa shape index (κ1) is 15.7. The largest absolute Gasteiger partial charge is 0.484 e. The third kappa shape index (κ3) is 3.42. The average molecular weight is 331 g/mol. The van der Waals surface area contributed by atoms with E-state index in [1.807, 2.05) is 18.2 Å². The summed E-state index contributed by atoms with van der Waals surface area (Å²) in [4.78, 5) is 16.6. The lowest BCUT2D eigenvalue weighted by molar-refractivity contribution is -0.120. The van der Waals surface area contributed by atoms with Crippen molar-refractivity contribution >= 4 is 28.9 Å². The molecular weight excluding hydrogens is 312 g/mol. The molecule has 4 nitrogen and oxygen atoms in total. The molecule has 0 unspecified atom stereocenters. The normalized spacial score (nSPS) is 13.7. The van der Waals surface area contributed by atoms with Crippen LogP contribution in [0.3, 0.4) is 0 Å². The summed E-state index contributed by atoms with van der Waals surface area (Å²) in [5.41, 5.74) is 2.05. The summed E-state index contributed by atoms with van der Waals surface area (Å²) in [6, 6.07) is 15.0. The molecule has 0 atom stereocenters. The number of nitrogens with zero attached hydrogens (tertiary/aromatic N) is 2. The number of amides is 1. The number of anilines is 2. The van der Waals surface area contributed by atoms with Crippen molar-refractivity contribution in [1.29, 1.82) is 0 Å². The van der Waals surface area contributed by atoms with Crippen LogP contribution in [0.5, 0.6) is 5.75 Å². The molecule has 1 amide bonds. The first-order valence-electron chi connectivity index (χ1n) is 7.71. The highest BCUT2D eigenvalue weighted by molar-refractivity contribution is 6.30. The second-order valence-electron chi connectivity index (χ2n) is 5.36. The SMILES string of the molecule is CCN1CCN(C(=O)COc2ccc(Cl)cc2)c2ccccc21. The molecule has 1 aliphatic rings. The molecule has 1 aliphatic heterocycles. The van der Waals surface area contributed by atoms with Gasteiger partial charge in [-0.15, -0.1) is 0 Å². The molecule has 0 spiro atoms. The van der Waals surface area contributed by atoms with Crippen LogP contribution in [0.4, 0.5) is 11.4 Å². The zero-order valence-corrected chi connectivity index (χ0v) is 13.8. The van der Waals surface area contributed by atoms with E-state index in [9.17, 15) is 4.79 Å². The Morgan fingerprint density at radius 3 is 2.48 bits per heavy atom. The minimum absolute atomic E-state index is 0.0160. The maximum atomic E-state index is 12.6. The molecule has 0 bridgehead atoms. The maximum Gasteiger partial charge on any atom is 0.265 e. The van der Waals surface area contributed by atoms with E-state index < -0.39 is 0 Å². The standard InChI is InChI=1S/C18H19ClN2O2/c1-2-20-11-12-21(17-6-4-3-5-16(17)20)18(22)13-23-15-9-7-14(19)8-10-15/h3-10H,2,11-13H2,1H3. The minimum Gasteiger partial charge on any atom is -0.484 e. The minimum atomic E-state index is -0.0387. The number of benzene rings is 2. The number of rotatable bonds is 4. The molecule has 2 aromatic rings. The summed E-state index contributed by atoms with van der Waals surface area (Å²) in [7, 11) is 0. The molecule has 0 aliphatic carbocycles. The van der Waals surface area contributed by atoms with Crippen LogP contribution in [0.2, 0.25) is 5.02 Å². The van der Waals surface area contributed by atoms with Crippen LogP contribution in [0.1, 0.15) is 6.92 Å². The molecule has 1 heterocycles. The van der Waals surface area contributed by atoms with Crippen LogP contribution >= 0.6 is 11.6 Å². The molecule has 0 saturated carbocycles. The fraction of sp³-hybridized carbons (Fsp3) is 0.278. The third-order valence-corrected chi connectivity index (χ3v) is 4.22. The number of hydrogen-bond donors (Lipinski definition) is 0. The van der Waals surface area contributed by atoms with Crippen LogP contribution in [0, 0.1) is 0 Å². The summed E-state index contributed by atoms with van der Waals surface area (Å²) < 4.78 is 5.58. The van der Waals surface area contributed by atoms with Crippen LogP contribution < -0.4 is 14.5 Å². The number of ether oxygens (including phenoxy) is 1. The maximum absolute atomic E-state index is 12.6. The summed E-state index contributed by atoms with van der Waals surface area (Å²) in [6.45, 7) is 4.58. The van der Waals surface area contributed by atoms with Gasteiger partial charge in [-0.1, -0.05) is 23.7 Å². The number of fused-ring (bicyclic) bond motifs is 1. The van der Waals surface area contributed by atoms with E-state index in [1.165, 1.54) is 0 Å². The van der Waals surface area contributed by atoms with Crippen molar-refractivity contribution in [2.24, 2.45) is 0 Å². The van der Waals surface area contributed by atoms with Gasteiger partial charge < -0.3 is 14.5 Å². The first-order valence-corrected chi connectivity index (χ1v) is 8.09. The highest BCUT2D eigenvalue weighted by Gasteiger charge is 2.25. The van der Waals surface area contributed by atoms with Gasteiger partial charge in [0.2, 0.25) is 0 Å². The summed E-state index contributed by atoms with van der Waals surface area (Å²) in [5.74, 6) is 0.603. The van der Waals surface area contributed by atoms with Gasteiger partial charge in [-0.25, -0.2) is 0 Å². The van der Waals surface area contributed by atoms with E-state index in [-0.39, 0.29) is 12.5 Å². The van der Waals surface area contributed by atoms with Crippen LogP contribution in [-0.2, 0) is 4.79 Å². The predicted octanol–water partition coefficient (Wildman–Crippen LogP) is 3.59. The number of hydrogen-bond acceptors (Lipinski definition) is 3. The molecule has 0 fully saturated rings. The fourth-order valence-corrected chi connectivity index (χ4v) is 2.89. The van der Waals surface area contributed by atoms with E-state index in [0.717, 1.165) is 24.5 Å². The Hall–Kier alpha value is -2.20. The van der Waals surface area contributed by atoms with Crippen LogP contribution in [0.25, 0.3) is 0 Å². The molecule has 2 aromatic carbocycles. The van der Waals surface area contributed by atoms with Crippen molar-refractivity contribution in [3.63, 3.8) is 0 Å². The van der Waals surface area contributed by atoms with Crippen LogP contribution in [-0.4, -0.2) is 32.1 Å². The third-order valence-electron chi connectivity index (χ3n) is 3.97. The smallest absolute Gasteiger partial charge is 0.265 e.